The quantitative estimate of drug-likeness (QED) is 0.454. The second kappa shape index (κ2) is 8.52. The normalized spacial score (nSPS) is 17.8. The smallest absolute Gasteiger partial charge is 0.275 e. The maximum atomic E-state index is 13.7. The first-order chi connectivity index (χ1) is 16.0. The van der Waals surface area contributed by atoms with E-state index in [0.29, 0.717) is 46.3 Å². The molecule has 0 fully saturated rings. The standard InChI is InChI=1S/C25H19ClN4O3/c26-18-11-9-16(10-12-18)22-21-23(28-14-13-27-22)25(31)29(19-6-2-1-3-7-19)24(21)17-5-4-8-20(15-17)30(32)33/h1-12,15,24,28H,13-14H2/t24-/m1/s1. The number of nitrogens with zero attached hydrogens (tertiary/aromatic N) is 3. The van der Waals surface area contributed by atoms with Gasteiger partial charge in [0.2, 0.25) is 0 Å². The molecule has 0 aliphatic carbocycles. The molecule has 0 aromatic heterocycles. The molecule has 1 amide bonds. The van der Waals surface area contributed by atoms with Crippen molar-refractivity contribution in [2.75, 3.05) is 18.0 Å². The molecule has 2 aliphatic rings. The average Bonchev–Trinajstić information content (AvgIpc) is 2.97. The Morgan fingerprint density at radius 2 is 1.79 bits per heavy atom. The number of hydrogen-bond acceptors (Lipinski definition) is 5. The minimum absolute atomic E-state index is 0.0337. The number of halogens is 1. The fraction of sp³-hybridized carbons (Fsp3) is 0.120. The van der Waals surface area contributed by atoms with Gasteiger partial charge in [-0.15, -0.1) is 0 Å². The zero-order valence-electron chi connectivity index (χ0n) is 17.4. The number of benzene rings is 3. The molecular formula is C25H19ClN4O3. The summed E-state index contributed by atoms with van der Waals surface area (Å²) in [6.45, 7) is 0.997. The molecule has 5 rings (SSSR count). The number of rotatable bonds is 4. The van der Waals surface area contributed by atoms with Gasteiger partial charge in [0.25, 0.3) is 11.6 Å². The SMILES string of the molecule is O=C1C2=C(C(c3ccc(Cl)cc3)=NCCN2)[C@@H](c2cccc([N+](=O)[O-])c2)N1c1ccccc1. The summed E-state index contributed by atoms with van der Waals surface area (Å²) in [7, 11) is 0. The van der Waals surface area contributed by atoms with Gasteiger partial charge in [0.05, 0.1) is 23.2 Å². The van der Waals surface area contributed by atoms with Gasteiger partial charge in [0.15, 0.2) is 0 Å². The molecule has 8 heteroatoms. The van der Waals surface area contributed by atoms with Crippen LogP contribution in [-0.4, -0.2) is 29.6 Å². The molecule has 0 unspecified atom stereocenters. The van der Waals surface area contributed by atoms with Crippen LogP contribution in [-0.2, 0) is 4.79 Å². The summed E-state index contributed by atoms with van der Waals surface area (Å²) in [4.78, 5) is 31.3. The maximum absolute atomic E-state index is 13.7. The molecular weight excluding hydrogens is 440 g/mol. The maximum Gasteiger partial charge on any atom is 0.275 e. The summed E-state index contributed by atoms with van der Waals surface area (Å²) in [5.74, 6) is -0.198. The summed E-state index contributed by atoms with van der Waals surface area (Å²) >= 11 is 6.10. The molecule has 0 saturated heterocycles. The zero-order chi connectivity index (χ0) is 22.9. The van der Waals surface area contributed by atoms with E-state index in [1.807, 2.05) is 42.5 Å². The first kappa shape index (κ1) is 20.9. The Bertz CT molecular complexity index is 1300. The van der Waals surface area contributed by atoms with Gasteiger partial charge in [-0.25, -0.2) is 0 Å². The van der Waals surface area contributed by atoms with Gasteiger partial charge in [-0.3, -0.25) is 24.8 Å². The van der Waals surface area contributed by atoms with Crippen LogP contribution >= 0.6 is 11.6 Å². The van der Waals surface area contributed by atoms with Crippen LogP contribution in [0.5, 0.6) is 0 Å². The van der Waals surface area contributed by atoms with Crippen molar-refractivity contribution in [2.45, 2.75) is 6.04 Å². The lowest BCUT2D eigenvalue weighted by Crippen LogP contribution is -2.33. The molecule has 7 nitrogen and oxygen atoms in total. The van der Waals surface area contributed by atoms with Crippen molar-refractivity contribution < 1.29 is 9.72 Å². The van der Waals surface area contributed by atoms with Gasteiger partial charge in [-0.05, 0) is 29.8 Å². The van der Waals surface area contributed by atoms with E-state index in [0.717, 1.165) is 5.56 Å². The highest BCUT2D eigenvalue weighted by molar-refractivity contribution is 6.31. The third-order valence-electron chi connectivity index (χ3n) is 5.72. The van der Waals surface area contributed by atoms with E-state index in [-0.39, 0.29) is 11.6 Å². The number of nitrogens with one attached hydrogen (secondary N) is 1. The summed E-state index contributed by atoms with van der Waals surface area (Å²) in [6.07, 6.45) is 0. The molecule has 1 atom stereocenters. The summed E-state index contributed by atoms with van der Waals surface area (Å²) in [5.41, 5.74) is 3.96. The predicted octanol–water partition coefficient (Wildman–Crippen LogP) is 4.68. The Balaban J connectivity index is 1.74. The minimum atomic E-state index is -0.588. The first-order valence-corrected chi connectivity index (χ1v) is 10.8. The molecule has 3 aromatic carbocycles. The molecule has 164 valence electrons. The van der Waals surface area contributed by atoms with Crippen LogP contribution in [0.1, 0.15) is 17.2 Å². The molecule has 3 aromatic rings. The third-order valence-corrected chi connectivity index (χ3v) is 5.97. The van der Waals surface area contributed by atoms with Crippen LogP contribution in [0.4, 0.5) is 11.4 Å². The molecule has 2 heterocycles. The summed E-state index contributed by atoms with van der Waals surface area (Å²) < 4.78 is 0. The number of para-hydroxylation sites is 1. The van der Waals surface area contributed by atoms with E-state index in [9.17, 15) is 14.9 Å². The zero-order valence-corrected chi connectivity index (χ0v) is 18.2. The first-order valence-electron chi connectivity index (χ1n) is 10.5. The highest BCUT2D eigenvalue weighted by Gasteiger charge is 2.44. The van der Waals surface area contributed by atoms with Crippen LogP contribution < -0.4 is 10.2 Å². The predicted molar refractivity (Wildman–Crippen MR) is 128 cm³/mol. The van der Waals surface area contributed by atoms with Crippen molar-refractivity contribution in [1.82, 2.24) is 5.32 Å². The number of amides is 1. The number of anilines is 1. The highest BCUT2D eigenvalue weighted by Crippen LogP contribution is 2.43. The van der Waals surface area contributed by atoms with E-state index in [4.69, 9.17) is 16.6 Å². The Morgan fingerprint density at radius 3 is 2.52 bits per heavy atom. The molecule has 33 heavy (non-hydrogen) atoms. The van der Waals surface area contributed by atoms with Gasteiger partial charge >= 0.3 is 0 Å². The summed E-state index contributed by atoms with van der Waals surface area (Å²) in [5, 5.41) is 15.4. The Morgan fingerprint density at radius 1 is 1.03 bits per heavy atom. The molecule has 0 spiro atoms. The van der Waals surface area contributed by atoms with Crippen molar-refractivity contribution in [3.05, 3.63) is 116 Å². The van der Waals surface area contributed by atoms with Crippen LogP contribution in [0.25, 0.3) is 0 Å². The molecule has 0 saturated carbocycles. The van der Waals surface area contributed by atoms with Crippen LogP contribution in [0.2, 0.25) is 5.02 Å². The number of non-ortho nitro benzene ring substituents is 1. The number of hydrogen-bond donors (Lipinski definition) is 1. The van der Waals surface area contributed by atoms with E-state index >= 15 is 0 Å². The summed E-state index contributed by atoms with van der Waals surface area (Å²) in [6, 6.07) is 22.4. The van der Waals surface area contributed by atoms with Crippen LogP contribution in [0, 0.1) is 10.1 Å². The lowest BCUT2D eigenvalue weighted by atomic mass is 9.91. The second-order valence-electron chi connectivity index (χ2n) is 7.72. The minimum Gasteiger partial charge on any atom is -0.378 e. The average molecular weight is 459 g/mol. The Labute approximate surface area is 195 Å². The van der Waals surface area contributed by atoms with E-state index in [1.54, 1.807) is 29.2 Å². The van der Waals surface area contributed by atoms with E-state index < -0.39 is 11.0 Å². The number of carbonyl (C=O) groups excluding carboxylic acids is 1. The molecule has 0 bridgehead atoms. The second-order valence-corrected chi connectivity index (χ2v) is 8.15. The highest BCUT2D eigenvalue weighted by atomic mass is 35.5. The monoisotopic (exact) mass is 458 g/mol. The van der Waals surface area contributed by atoms with Crippen molar-refractivity contribution in [3.8, 4) is 0 Å². The number of carbonyl (C=O) groups is 1. The fourth-order valence-corrected chi connectivity index (χ4v) is 4.43. The molecule has 0 radical (unpaired) electrons. The largest absolute Gasteiger partial charge is 0.378 e. The number of aliphatic imine (C=N–C) groups is 1. The molecule has 2 aliphatic heterocycles. The fourth-order valence-electron chi connectivity index (χ4n) is 4.30. The van der Waals surface area contributed by atoms with Gasteiger partial charge in [-0.1, -0.05) is 54.1 Å². The van der Waals surface area contributed by atoms with Crippen molar-refractivity contribution >= 4 is 34.6 Å². The van der Waals surface area contributed by atoms with E-state index in [2.05, 4.69) is 5.32 Å². The van der Waals surface area contributed by atoms with Crippen LogP contribution in [0.15, 0.2) is 95.1 Å². The van der Waals surface area contributed by atoms with Crippen molar-refractivity contribution in [3.63, 3.8) is 0 Å². The molecule has 1 N–H and O–H groups in total. The van der Waals surface area contributed by atoms with Crippen molar-refractivity contribution in [1.29, 1.82) is 0 Å². The Hall–Kier alpha value is -3.97. The van der Waals surface area contributed by atoms with Crippen molar-refractivity contribution in [2.24, 2.45) is 4.99 Å². The van der Waals surface area contributed by atoms with E-state index in [1.165, 1.54) is 12.1 Å². The topological polar surface area (TPSA) is 87.8 Å². The van der Waals surface area contributed by atoms with Crippen LogP contribution in [0.3, 0.4) is 0 Å². The lowest BCUT2D eigenvalue weighted by molar-refractivity contribution is -0.384. The third kappa shape index (κ3) is 3.76. The van der Waals surface area contributed by atoms with Gasteiger partial charge < -0.3 is 5.32 Å². The van der Waals surface area contributed by atoms with Gasteiger partial charge in [-0.2, -0.15) is 0 Å². The Kier molecular flexibility index (Phi) is 5.40. The lowest BCUT2D eigenvalue weighted by Gasteiger charge is -2.28. The number of nitro groups is 1. The van der Waals surface area contributed by atoms with Gasteiger partial charge in [0.1, 0.15) is 5.70 Å². The number of nitro benzene ring substituents is 1. The van der Waals surface area contributed by atoms with Gasteiger partial charge in [0, 0.05) is 40.5 Å².